The zero-order valence-electron chi connectivity index (χ0n) is 19.3. The van der Waals surface area contributed by atoms with Gasteiger partial charge in [-0.25, -0.2) is 0 Å². The van der Waals surface area contributed by atoms with Crippen molar-refractivity contribution in [1.29, 1.82) is 0 Å². The molecule has 6 nitrogen and oxygen atoms in total. The van der Waals surface area contributed by atoms with Crippen molar-refractivity contribution in [2.45, 2.75) is 76.5 Å². The predicted octanol–water partition coefficient (Wildman–Crippen LogP) is 4.69. The van der Waals surface area contributed by atoms with E-state index in [4.69, 9.17) is 14.0 Å². The Morgan fingerprint density at radius 2 is 1.84 bits per heavy atom. The molecule has 1 aromatic carbocycles. The molecule has 5 rings (SSSR count). The van der Waals surface area contributed by atoms with E-state index in [1.165, 1.54) is 32.1 Å². The number of fused-ring (bicyclic) bond motifs is 1. The van der Waals surface area contributed by atoms with E-state index in [-0.39, 0.29) is 6.10 Å². The van der Waals surface area contributed by atoms with E-state index in [9.17, 15) is 5.11 Å². The lowest BCUT2D eigenvalue weighted by atomic mass is 9.78. The maximum atomic E-state index is 10.8. The summed E-state index contributed by atoms with van der Waals surface area (Å²) in [4.78, 5) is 2.46. The number of aliphatic hydroxyl groups is 1. The summed E-state index contributed by atoms with van der Waals surface area (Å²) in [6, 6.07) is 8.03. The molecule has 2 heterocycles. The lowest BCUT2D eigenvalue weighted by Crippen LogP contribution is -2.42. The van der Waals surface area contributed by atoms with E-state index in [0.29, 0.717) is 17.8 Å². The highest BCUT2D eigenvalue weighted by Crippen LogP contribution is 2.40. The van der Waals surface area contributed by atoms with Gasteiger partial charge in [0.05, 0.1) is 25.5 Å². The predicted molar refractivity (Wildman–Crippen MR) is 122 cm³/mol. The van der Waals surface area contributed by atoms with Gasteiger partial charge in [-0.2, -0.15) is 0 Å². The van der Waals surface area contributed by atoms with Crippen LogP contribution in [-0.4, -0.2) is 47.6 Å². The Labute approximate surface area is 190 Å². The van der Waals surface area contributed by atoms with Gasteiger partial charge >= 0.3 is 0 Å². The number of hydrogen-bond donors (Lipinski definition) is 1. The first-order valence-electron chi connectivity index (χ1n) is 12.3. The second-order valence-corrected chi connectivity index (χ2v) is 10.0. The first-order chi connectivity index (χ1) is 15.6. The first-order valence-corrected chi connectivity index (χ1v) is 12.3. The molecular weight excluding hydrogens is 404 g/mol. The van der Waals surface area contributed by atoms with Gasteiger partial charge in [0.2, 0.25) is 0 Å². The standard InChI is InChI=1S/C26H36N2O4/c1-17-24(30-2)9-6-10-25(17)31-26-12-20-15-28(14-19(20)11-23(26)29)16-21-13-22(27-32-21)18-7-4-3-5-8-18/h6,9-10,13,18-20,23,26,29H,3-5,7-8,11-12,14-16H2,1-2H3/t19-,20+,23+,26+/m0/s1. The number of methoxy groups -OCH3 is 1. The summed E-state index contributed by atoms with van der Waals surface area (Å²) in [5.74, 6) is 4.23. The molecule has 4 atom stereocenters. The van der Waals surface area contributed by atoms with Crippen molar-refractivity contribution in [3.63, 3.8) is 0 Å². The van der Waals surface area contributed by atoms with Crippen LogP contribution in [0.5, 0.6) is 11.5 Å². The largest absolute Gasteiger partial charge is 0.496 e. The minimum Gasteiger partial charge on any atom is -0.496 e. The van der Waals surface area contributed by atoms with E-state index in [2.05, 4.69) is 16.1 Å². The topological polar surface area (TPSA) is 68.0 Å². The molecule has 2 aromatic rings. The molecule has 0 amide bonds. The molecule has 0 spiro atoms. The number of aliphatic hydroxyl groups excluding tert-OH is 1. The molecule has 1 saturated heterocycles. The van der Waals surface area contributed by atoms with Gasteiger partial charge in [-0.1, -0.05) is 30.5 Å². The SMILES string of the molecule is COc1cccc(O[C@@H]2C[C@@H]3CN(Cc4cc(C5CCCCC5)no4)C[C@@H]3C[C@H]2O)c1C. The minimum absolute atomic E-state index is 0.176. The molecular formula is C26H36N2O4. The number of likely N-dealkylation sites (tertiary alicyclic amines) is 1. The van der Waals surface area contributed by atoms with Crippen LogP contribution in [-0.2, 0) is 6.54 Å². The number of ether oxygens (including phenoxy) is 2. The fourth-order valence-corrected chi connectivity index (χ4v) is 6.06. The van der Waals surface area contributed by atoms with Crippen LogP contribution in [0.25, 0.3) is 0 Å². The van der Waals surface area contributed by atoms with Gasteiger partial charge in [-0.3, -0.25) is 4.90 Å². The fraction of sp³-hybridized carbons (Fsp3) is 0.654. The normalized spacial score (nSPS) is 29.1. The van der Waals surface area contributed by atoms with Crippen molar-refractivity contribution in [2.24, 2.45) is 11.8 Å². The fourth-order valence-electron chi connectivity index (χ4n) is 6.06. The number of benzene rings is 1. The highest BCUT2D eigenvalue weighted by atomic mass is 16.5. The third-order valence-electron chi connectivity index (χ3n) is 7.87. The van der Waals surface area contributed by atoms with Crippen LogP contribution in [0.3, 0.4) is 0 Å². The highest BCUT2D eigenvalue weighted by Gasteiger charge is 2.43. The summed E-state index contributed by atoms with van der Waals surface area (Å²) < 4.78 is 17.4. The number of nitrogens with zero attached hydrogens (tertiary/aromatic N) is 2. The lowest BCUT2D eigenvalue weighted by molar-refractivity contribution is -0.0235. The van der Waals surface area contributed by atoms with Crippen LogP contribution in [0.1, 0.15) is 67.9 Å². The Morgan fingerprint density at radius 1 is 1.09 bits per heavy atom. The van der Waals surface area contributed by atoms with Crippen molar-refractivity contribution < 1.29 is 19.1 Å². The smallest absolute Gasteiger partial charge is 0.150 e. The maximum absolute atomic E-state index is 10.8. The molecule has 2 saturated carbocycles. The van der Waals surface area contributed by atoms with E-state index >= 15 is 0 Å². The molecule has 2 aliphatic carbocycles. The Morgan fingerprint density at radius 3 is 2.62 bits per heavy atom. The molecule has 174 valence electrons. The third-order valence-corrected chi connectivity index (χ3v) is 7.87. The monoisotopic (exact) mass is 440 g/mol. The number of hydrogen-bond acceptors (Lipinski definition) is 6. The minimum atomic E-state index is -0.440. The Bertz CT molecular complexity index is 907. The molecule has 32 heavy (non-hydrogen) atoms. The van der Waals surface area contributed by atoms with Crippen molar-refractivity contribution in [3.05, 3.63) is 41.3 Å². The molecule has 1 aromatic heterocycles. The van der Waals surface area contributed by atoms with Crippen molar-refractivity contribution in [3.8, 4) is 11.5 Å². The van der Waals surface area contributed by atoms with Crippen LogP contribution in [0.2, 0.25) is 0 Å². The highest BCUT2D eigenvalue weighted by molar-refractivity contribution is 5.43. The molecule has 3 fully saturated rings. The van der Waals surface area contributed by atoms with E-state index in [1.54, 1.807) is 7.11 Å². The Kier molecular flexibility index (Phi) is 6.42. The van der Waals surface area contributed by atoms with Crippen LogP contribution in [0.4, 0.5) is 0 Å². The summed E-state index contributed by atoms with van der Waals surface area (Å²) >= 11 is 0. The van der Waals surface area contributed by atoms with Crippen molar-refractivity contribution >= 4 is 0 Å². The number of aromatic nitrogens is 1. The second-order valence-electron chi connectivity index (χ2n) is 10.0. The van der Waals surface area contributed by atoms with Gasteiger partial charge < -0.3 is 19.1 Å². The van der Waals surface area contributed by atoms with Gasteiger partial charge in [-0.05, 0) is 56.6 Å². The average molecular weight is 441 g/mol. The van der Waals surface area contributed by atoms with E-state index in [1.807, 2.05) is 25.1 Å². The molecule has 1 N–H and O–H groups in total. The van der Waals surface area contributed by atoms with E-state index < -0.39 is 6.10 Å². The molecule has 0 unspecified atom stereocenters. The van der Waals surface area contributed by atoms with Crippen LogP contribution >= 0.6 is 0 Å². The van der Waals surface area contributed by atoms with Gasteiger partial charge in [-0.15, -0.1) is 0 Å². The Hall–Kier alpha value is -2.05. The molecule has 0 radical (unpaired) electrons. The van der Waals surface area contributed by atoms with E-state index in [0.717, 1.165) is 61.0 Å². The van der Waals surface area contributed by atoms with Crippen molar-refractivity contribution in [2.75, 3.05) is 20.2 Å². The summed E-state index contributed by atoms with van der Waals surface area (Å²) in [5, 5.41) is 15.2. The zero-order valence-corrected chi connectivity index (χ0v) is 19.3. The lowest BCUT2D eigenvalue weighted by Gasteiger charge is -2.35. The third kappa shape index (κ3) is 4.53. The van der Waals surface area contributed by atoms with Crippen molar-refractivity contribution in [1.82, 2.24) is 10.1 Å². The van der Waals surface area contributed by atoms with Gasteiger partial charge in [0.1, 0.15) is 17.6 Å². The number of rotatable bonds is 6. The first kappa shape index (κ1) is 21.8. The average Bonchev–Trinajstić information content (AvgIpc) is 3.42. The molecule has 1 aliphatic heterocycles. The summed E-state index contributed by atoms with van der Waals surface area (Å²) in [6.45, 7) is 4.84. The van der Waals surface area contributed by atoms with Gasteiger partial charge in [0.15, 0.2) is 5.76 Å². The molecule has 0 bridgehead atoms. The molecule has 3 aliphatic rings. The van der Waals surface area contributed by atoms with Gasteiger partial charge in [0, 0.05) is 30.6 Å². The zero-order chi connectivity index (χ0) is 22.1. The Balaban J connectivity index is 1.19. The van der Waals surface area contributed by atoms with Crippen LogP contribution in [0, 0.1) is 18.8 Å². The van der Waals surface area contributed by atoms with Crippen LogP contribution in [0.15, 0.2) is 28.8 Å². The summed E-state index contributed by atoms with van der Waals surface area (Å²) in [6.07, 6.45) is 7.51. The quantitative estimate of drug-likeness (QED) is 0.703. The second kappa shape index (κ2) is 9.44. The summed E-state index contributed by atoms with van der Waals surface area (Å²) in [5.41, 5.74) is 2.13. The summed E-state index contributed by atoms with van der Waals surface area (Å²) in [7, 11) is 1.67. The van der Waals surface area contributed by atoms with Crippen LogP contribution < -0.4 is 9.47 Å². The maximum Gasteiger partial charge on any atom is 0.150 e. The van der Waals surface area contributed by atoms with Gasteiger partial charge in [0.25, 0.3) is 0 Å². The molecule has 6 heteroatoms.